The fourth-order valence-electron chi connectivity index (χ4n) is 2.05. The van der Waals surface area contributed by atoms with E-state index in [0.29, 0.717) is 0 Å². The second-order valence-corrected chi connectivity index (χ2v) is 8.96. The van der Waals surface area contributed by atoms with Gasteiger partial charge in [-0.1, -0.05) is 6.07 Å². The fraction of sp³-hybridized carbons (Fsp3) is 0.471. The van der Waals surface area contributed by atoms with Crippen LogP contribution in [0.2, 0.25) is 0 Å². The zero-order chi connectivity index (χ0) is 19.7. The summed E-state index contributed by atoms with van der Waals surface area (Å²) >= 11 is -0.694. The second-order valence-electron chi connectivity index (χ2n) is 6.66. The highest BCUT2D eigenvalue weighted by Gasteiger charge is 2.41. The summed E-state index contributed by atoms with van der Waals surface area (Å²) in [4.78, 5) is 0. The lowest BCUT2D eigenvalue weighted by molar-refractivity contribution is -0.141. The molecule has 0 aliphatic carbocycles. The molecule has 9 heteroatoms. The van der Waals surface area contributed by atoms with Crippen LogP contribution in [0.15, 0.2) is 18.2 Å². The average Bonchev–Trinajstić information content (AvgIpc) is 2.91. The van der Waals surface area contributed by atoms with Gasteiger partial charge in [0.25, 0.3) is 0 Å². The predicted molar refractivity (Wildman–Crippen MR) is 93.0 cm³/mol. The van der Waals surface area contributed by atoms with Gasteiger partial charge in [-0.3, -0.25) is 9.28 Å². The molecule has 0 saturated carbocycles. The minimum Gasteiger partial charge on any atom is -0.497 e. The van der Waals surface area contributed by atoms with Crippen molar-refractivity contribution < 1.29 is 26.5 Å². The summed E-state index contributed by atoms with van der Waals surface area (Å²) in [6.45, 7) is 5.74. The van der Waals surface area contributed by atoms with Crippen molar-refractivity contribution in [1.29, 1.82) is 0 Å². The summed E-state index contributed by atoms with van der Waals surface area (Å²) in [5.41, 5.74) is -1.16. The van der Waals surface area contributed by atoms with Crippen LogP contribution in [0.5, 0.6) is 11.6 Å². The molecule has 0 aliphatic rings. The van der Waals surface area contributed by atoms with Crippen molar-refractivity contribution >= 4 is 11.2 Å². The van der Waals surface area contributed by atoms with Gasteiger partial charge in [-0.05, 0) is 32.4 Å². The first kappa shape index (κ1) is 20.4. The Labute approximate surface area is 152 Å². The minimum atomic E-state index is -4.65. The molecule has 1 N–H and O–H groups in total. The topological polar surface area (TPSA) is 47.1 Å². The molecule has 1 aromatic carbocycles. The van der Waals surface area contributed by atoms with E-state index in [1.807, 2.05) is 25.9 Å². The Hall–Kier alpha value is -1.90. The quantitative estimate of drug-likeness (QED) is 0.601. The number of nitrogens with one attached hydrogen (secondary N) is 1. The lowest BCUT2D eigenvalue weighted by atomic mass is 10.0. The van der Waals surface area contributed by atoms with E-state index in [-0.39, 0.29) is 33.9 Å². The first-order valence-corrected chi connectivity index (χ1v) is 9.30. The van der Waals surface area contributed by atoms with E-state index in [2.05, 4.69) is 5.10 Å². The molecule has 0 aliphatic heterocycles. The molecule has 1 atom stereocenters. The van der Waals surface area contributed by atoms with Gasteiger partial charge in [0.2, 0.25) is 11.2 Å². The van der Waals surface area contributed by atoms with Crippen LogP contribution >= 0.6 is 0 Å². The fourth-order valence-corrected chi connectivity index (χ4v) is 2.67. The Morgan fingerprint density at radius 1 is 1.19 bits per heavy atom. The lowest BCUT2D eigenvalue weighted by Gasteiger charge is -2.16. The number of methoxy groups -OCH3 is 1. The highest BCUT2D eigenvalue weighted by atomic mass is 32.2. The summed E-state index contributed by atoms with van der Waals surface area (Å²) in [5, 5.41) is 5.68. The van der Waals surface area contributed by atoms with Crippen molar-refractivity contribution in [2.75, 3.05) is 13.4 Å². The van der Waals surface area contributed by atoms with Crippen molar-refractivity contribution in [3.8, 4) is 11.6 Å². The highest BCUT2D eigenvalue weighted by molar-refractivity contribution is 7.93. The number of hydrogen-bond donors (Lipinski definition) is 1. The summed E-state index contributed by atoms with van der Waals surface area (Å²) in [5.74, 6) is -0.530. The normalized spacial score (nSPS) is 13.6. The van der Waals surface area contributed by atoms with Crippen LogP contribution in [0.4, 0.5) is 17.6 Å². The van der Waals surface area contributed by atoms with E-state index >= 15 is 0 Å². The molecule has 0 saturated heterocycles. The Morgan fingerprint density at radius 3 is 2.35 bits per heavy atom. The van der Waals surface area contributed by atoms with Gasteiger partial charge < -0.3 is 4.74 Å². The molecule has 0 amide bonds. The number of aromatic amines is 1. The third kappa shape index (κ3) is 4.63. The van der Waals surface area contributed by atoms with E-state index in [4.69, 9.17) is 8.92 Å². The van der Waals surface area contributed by atoms with Crippen LogP contribution in [0, 0.1) is 5.82 Å². The average molecular weight is 393 g/mol. The number of nitrogens with zero attached hydrogens (tertiary/aromatic N) is 1. The summed E-state index contributed by atoms with van der Waals surface area (Å²) in [6.07, 6.45) is -3.18. The van der Waals surface area contributed by atoms with Gasteiger partial charge in [0.1, 0.15) is 23.5 Å². The number of ether oxygens (including phenoxy) is 1. The molecule has 144 valence electrons. The zero-order valence-corrected chi connectivity index (χ0v) is 15.9. The molecule has 0 spiro atoms. The van der Waals surface area contributed by atoms with E-state index in [1.54, 1.807) is 6.26 Å². The van der Waals surface area contributed by atoms with Crippen LogP contribution in [0.3, 0.4) is 0 Å². The van der Waals surface area contributed by atoms with Crippen molar-refractivity contribution in [2.24, 2.45) is 0 Å². The zero-order valence-electron chi connectivity index (χ0n) is 15.1. The molecule has 1 heterocycles. The smallest absolute Gasteiger partial charge is 0.433 e. The number of benzene rings is 1. The van der Waals surface area contributed by atoms with E-state index < -0.39 is 28.9 Å². The van der Waals surface area contributed by atoms with E-state index in [1.165, 1.54) is 19.2 Å². The lowest BCUT2D eigenvalue weighted by Crippen LogP contribution is -2.31. The van der Waals surface area contributed by atoms with Crippen molar-refractivity contribution in [3.63, 3.8) is 0 Å². The van der Waals surface area contributed by atoms with Crippen molar-refractivity contribution in [1.82, 2.24) is 10.2 Å². The summed E-state index contributed by atoms with van der Waals surface area (Å²) in [6, 6.07) is 4.01. The predicted octanol–water partition coefficient (Wildman–Crippen LogP) is 4.51. The second kappa shape index (κ2) is 7.38. The highest BCUT2D eigenvalue weighted by Crippen LogP contribution is 2.37. The Morgan fingerprint density at radius 2 is 1.85 bits per heavy atom. The van der Waals surface area contributed by atoms with Crippen LogP contribution in [0.25, 0.3) is 0 Å². The number of H-pyrrole nitrogens is 1. The molecule has 2 aromatic rings. The van der Waals surface area contributed by atoms with Crippen LogP contribution in [0.1, 0.15) is 37.6 Å². The third-order valence-corrected chi connectivity index (χ3v) is 5.94. The Kier molecular flexibility index (Phi) is 5.79. The molecule has 0 radical (unpaired) electrons. The molecule has 2 rings (SSSR count). The summed E-state index contributed by atoms with van der Waals surface area (Å²) in [7, 11) is 1.38. The van der Waals surface area contributed by atoms with Crippen molar-refractivity contribution in [2.45, 2.75) is 38.1 Å². The Balaban J connectivity index is 2.43. The first-order valence-electron chi connectivity index (χ1n) is 7.74. The van der Waals surface area contributed by atoms with Crippen LogP contribution in [-0.4, -0.2) is 28.3 Å². The number of rotatable bonds is 5. The van der Waals surface area contributed by atoms with Gasteiger partial charge in [-0.2, -0.15) is 13.2 Å². The molecule has 0 bridgehead atoms. The molecule has 26 heavy (non-hydrogen) atoms. The largest absolute Gasteiger partial charge is 0.497 e. The van der Waals surface area contributed by atoms with Gasteiger partial charge in [-0.15, -0.1) is 5.10 Å². The van der Waals surface area contributed by atoms with Gasteiger partial charge in [0.15, 0.2) is 4.75 Å². The Bertz CT molecular complexity index is 769. The van der Waals surface area contributed by atoms with Crippen LogP contribution in [-0.2, 0) is 23.8 Å². The molecule has 0 fully saturated rings. The number of hydrogen-bond acceptors (Lipinski definition) is 3. The molecular formula is C17H21F4N2O2S+. The van der Waals surface area contributed by atoms with E-state index in [0.717, 1.165) is 6.07 Å². The summed E-state index contributed by atoms with van der Waals surface area (Å²) < 4.78 is 64.5. The van der Waals surface area contributed by atoms with Crippen LogP contribution < -0.4 is 8.92 Å². The monoisotopic (exact) mass is 393 g/mol. The third-order valence-electron chi connectivity index (χ3n) is 3.81. The molecule has 1 aromatic heterocycles. The maximum absolute atomic E-state index is 14.2. The SMILES string of the molecule is COc1ccc(Cc2c(O[S+](C)C(C)(C)C)n[nH]c2C(F)(F)F)c(F)c1. The molecular weight excluding hydrogens is 372 g/mol. The molecule has 4 nitrogen and oxygen atoms in total. The van der Waals surface area contributed by atoms with E-state index in [9.17, 15) is 17.6 Å². The maximum atomic E-state index is 14.2. The first-order chi connectivity index (χ1) is 11.9. The molecule has 1 unspecified atom stereocenters. The number of aromatic nitrogens is 2. The van der Waals surface area contributed by atoms with Gasteiger partial charge in [0.05, 0.1) is 12.7 Å². The standard InChI is InChI=1S/C17H21F4N2O2S/c1-16(2,3)26(5)25-15-12(14(22-23-15)17(19,20)21)8-10-6-7-11(24-4)9-13(10)18/h6-7,9H,8H2,1-5H3,(H,22,23)/q+1. The number of alkyl halides is 3. The minimum absolute atomic E-state index is 0.0919. The van der Waals surface area contributed by atoms with Gasteiger partial charge >= 0.3 is 12.1 Å². The van der Waals surface area contributed by atoms with Gasteiger partial charge in [0, 0.05) is 12.5 Å². The maximum Gasteiger partial charge on any atom is 0.433 e. The van der Waals surface area contributed by atoms with Gasteiger partial charge in [-0.25, -0.2) is 4.39 Å². The van der Waals surface area contributed by atoms with Crippen molar-refractivity contribution in [3.05, 3.63) is 40.8 Å². The number of halogens is 4.